The van der Waals surface area contributed by atoms with E-state index in [9.17, 15) is 8.42 Å². The van der Waals surface area contributed by atoms with Crippen LogP contribution in [0.4, 0.5) is 5.69 Å². The predicted molar refractivity (Wildman–Crippen MR) is 105 cm³/mol. The molecular weight excluding hydrogens is 416 g/mol. The second kappa shape index (κ2) is 7.88. The molecule has 0 aliphatic carbocycles. The molecule has 3 rings (SSSR count). The molecule has 0 spiro atoms. The normalized spacial score (nSPS) is 11.2. The lowest BCUT2D eigenvalue weighted by atomic mass is 10.1. The van der Waals surface area contributed by atoms with Crippen LogP contribution < -0.4 is 9.46 Å². The SMILES string of the molecule is COc1ccc(S(=O)(=O)Nc2ccc(Cc3ccncc3)cc2)cc1Br. The third-order valence-electron chi connectivity index (χ3n) is 3.80. The molecule has 0 atom stereocenters. The minimum absolute atomic E-state index is 0.158. The molecular formula is C19H17BrN2O3S. The van der Waals surface area contributed by atoms with Gasteiger partial charge in [0.25, 0.3) is 10.0 Å². The number of hydrogen-bond acceptors (Lipinski definition) is 4. The first-order valence-electron chi connectivity index (χ1n) is 7.82. The van der Waals surface area contributed by atoms with Crippen molar-refractivity contribution < 1.29 is 13.2 Å². The van der Waals surface area contributed by atoms with Gasteiger partial charge in [-0.1, -0.05) is 12.1 Å². The molecule has 5 nitrogen and oxygen atoms in total. The minimum Gasteiger partial charge on any atom is -0.496 e. The molecule has 0 saturated heterocycles. The van der Waals surface area contributed by atoms with Gasteiger partial charge in [-0.3, -0.25) is 9.71 Å². The van der Waals surface area contributed by atoms with Crippen LogP contribution in [0.3, 0.4) is 0 Å². The van der Waals surface area contributed by atoms with E-state index < -0.39 is 10.0 Å². The summed E-state index contributed by atoms with van der Waals surface area (Å²) in [6.45, 7) is 0. The van der Waals surface area contributed by atoms with Crippen LogP contribution in [0.15, 0.2) is 76.4 Å². The Kier molecular flexibility index (Phi) is 5.58. The monoisotopic (exact) mass is 432 g/mol. The number of ether oxygens (including phenoxy) is 1. The largest absolute Gasteiger partial charge is 0.496 e. The number of benzene rings is 2. The molecule has 1 heterocycles. The van der Waals surface area contributed by atoms with Gasteiger partial charge >= 0.3 is 0 Å². The quantitative estimate of drug-likeness (QED) is 0.632. The van der Waals surface area contributed by atoms with E-state index in [0.717, 1.165) is 17.5 Å². The molecule has 0 saturated carbocycles. The third-order valence-corrected chi connectivity index (χ3v) is 5.80. The van der Waals surface area contributed by atoms with Crippen molar-refractivity contribution in [1.29, 1.82) is 0 Å². The fraction of sp³-hybridized carbons (Fsp3) is 0.105. The summed E-state index contributed by atoms with van der Waals surface area (Å²) in [5, 5.41) is 0. The number of aromatic nitrogens is 1. The van der Waals surface area contributed by atoms with Gasteiger partial charge in [0.2, 0.25) is 0 Å². The Morgan fingerprint density at radius 2 is 1.65 bits per heavy atom. The minimum atomic E-state index is -3.68. The molecule has 0 fully saturated rings. The van der Waals surface area contributed by atoms with Gasteiger partial charge in [0.05, 0.1) is 16.5 Å². The van der Waals surface area contributed by atoms with Gasteiger partial charge in [0.1, 0.15) is 5.75 Å². The molecule has 0 aliphatic rings. The Balaban J connectivity index is 1.74. The molecule has 0 aliphatic heterocycles. The lowest BCUT2D eigenvalue weighted by Gasteiger charge is -2.10. The number of pyridine rings is 1. The van der Waals surface area contributed by atoms with E-state index in [-0.39, 0.29) is 4.90 Å². The summed E-state index contributed by atoms with van der Waals surface area (Å²) in [7, 11) is -2.15. The van der Waals surface area contributed by atoms with Crippen LogP contribution in [0.5, 0.6) is 5.75 Å². The number of rotatable bonds is 6. The van der Waals surface area contributed by atoms with Crippen LogP contribution in [0.25, 0.3) is 0 Å². The topological polar surface area (TPSA) is 68.3 Å². The third kappa shape index (κ3) is 4.42. The van der Waals surface area contributed by atoms with Crippen molar-refractivity contribution in [1.82, 2.24) is 4.98 Å². The maximum atomic E-state index is 12.5. The number of nitrogens with zero attached hydrogens (tertiary/aromatic N) is 1. The highest BCUT2D eigenvalue weighted by atomic mass is 79.9. The molecule has 7 heteroatoms. The van der Waals surface area contributed by atoms with Gasteiger partial charge < -0.3 is 4.74 Å². The molecule has 0 radical (unpaired) electrons. The second-order valence-electron chi connectivity index (χ2n) is 5.63. The summed E-state index contributed by atoms with van der Waals surface area (Å²) in [5.41, 5.74) is 2.75. The second-order valence-corrected chi connectivity index (χ2v) is 8.17. The van der Waals surface area contributed by atoms with Crippen molar-refractivity contribution >= 4 is 31.6 Å². The maximum absolute atomic E-state index is 12.5. The Morgan fingerprint density at radius 3 is 2.27 bits per heavy atom. The molecule has 0 unspecified atom stereocenters. The summed E-state index contributed by atoms with van der Waals surface area (Å²) in [6, 6.07) is 15.9. The van der Waals surface area contributed by atoms with E-state index in [0.29, 0.717) is 15.9 Å². The van der Waals surface area contributed by atoms with E-state index in [1.54, 1.807) is 30.6 Å². The van der Waals surface area contributed by atoms with E-state index >= 15 is 0 Å². The van der Waals surface area contributed by atoms with Crippen molar-refractivity contribution in [3.8, 4) is 5.75 Å². The first-order valence-corrected chi connectivity index (χ1v) is 10.1. The molecule has 26 heavy (non-hydrogen) atoms. The van der Waals surface area contributed by atoms with Gasteiger partial charge in [-0.2, -0.15) is 0 Å². The highest BCUT2D eigenvalue weighted by Gasteiger charge is 2.16. The zero-order valence-corrected chi connectivity index (χ0v) is 16.4. The summed E-state index contributed by atoms with van der Waals surface area (Å²) in [4.78, 5) is 4.16. The van der Waals surface area contributed by atoms with Crippen LogP contribution in [-0.2, 0) is 16.4 Å². The summed E-state index contributed by atoms with van der Waals surface area (Å²) in [6.07, 6.45) is 4.27. The van der Waals surface area contributed by atoms with Crippen LogP contribution in [-0.4, -0.2) is 20.5 Å². The lowest BCUT2D eigenvalue weighted by molar-refractivity contribution is 0.411. The number of methoxy groups -OCH3 is 1. The van der Waals surface area contributed by atoms with Crippen molar-refractivity contribution in [2.75, 3.05) is 11.8 Å². The number of halogens is 1. The predicted octanol–water partition coefficient (Wildman–Crippen LogP) is 4.24. The highest BCUT2D eigenvalue weighted by Crippen LogP contribution is 2.28. The molecule has 1 N–H and O–H groups in total. The first kappa shape index (κ1) is 18.4. The molecule has 0 amide bonds. The maximum Gasteiger partial charge on any atom is 0.261 e. The Labute approximate surface area is 161 Å². The fourth-order valence-corrected chi connectivity index (χ4v) is 4.23. The summed E-state index contributed by atoms with van der Waals surface area (Å²) >= 11 is 3.30. The van der Waals surface area contributed by atoms with Gasteiger partial charge in [-0.15, -0.1) is 0 Å². The number of hydrogen-bond donors (Lipinski definition) is 1. The van der Waals surface area contributed by atoms with Crippen molar-refractivity contribution in [3.05, 3.63) is 82.6 Å². The molecule has 3 aromatic rings. The molecule has 1 aromatic heterocycles. The zero-order valence-electron chi connectivity index (χ0n) is 14.0. The van der Waals surface area contributed by atoms with E-state index in [1.165, 1.54) is 19.2 Å². The fourth-order valence-electron chi connectivity index (χ4n) is 2.46. The molecule has 0 bridgehead atoms. The average molecular weight is 433 g/mol. The molecule has 2 aromatic carbocycles. The highest BCUT2D eigenvalue weighted by molar-refractivity contribution is 9.10. The summed E-state index contributed by atoms with van der Waals surface area (Å²) in [5.74, 6) is 0.574. The molecule has 134 valence electrons. The van der Waals surface area contributed by atoms with Crippen LogP contribution >= 0.6 is 15.9 Å². The van der Waals surface area contributed by atoms with Gasteiger partial charge in [0.15, 0.2) is 0 Å². The van der Waals surface area contributed by atoms with Crippen LogP contribution in [0, 0.1) is 0 Å². The number of anilines is 1. The van der Waals surface area contributed by atoms with Crippen LogP contribution in [0.1, 0.15) is 11.1 Å². The Bertz CT molecular complexity index is 991. The summed E-state index contributed by atoms with van der Waals surface area (Å²) < 4.78 is 33.4. The standard InChI is InChI=1S/C19H17BrN2O3S/c1-25-19-7-6-17(13-18(19)20)26(23,24)22-16-4-2-14(3-5-16)12-15-8-10-21-11-9-15/h2-11,13,22H,12H2,1H3. The first-order chi connectivity index (χ1) is 12.5. The average Bonchev–Trinajstić information content (AvgIpc) is 2.64. The number of nitrogens with one attached hydrogen (secondary N) is 1. The zero-order chi connectivity index (χ0) is 18.6. The van der Waals surface area contributed by atoms with E-state index in [2.05, 4.69) is 25.6 Å². The Hall–Kier alpha value is -2.38. The smallest absolute Gasteiger partial charge is 0.261 e. The van der Waals surface area contributed by atoms with E-state index in [1.807, 2.05) is 24.3 Å². The lowest BCUT2D eigenvalue weighted by Crippen LogP contribution is -2.13. The van der Waals surface area contributed by atoms with Crippen molar-refractivity contribution in [2.45, 2.75) is 11.3 Å². The van der Waals surface area contributed by atoms with Gasteiger partial charge in [0, 0.05) is 18.1 Å². The van der Waals surface area contributed by atoms with Crippen LogP contribution in [0.2, 0.25) is 0 Å². The van der Waals surface area contributed by atoms with Gasteiger partial charge in [-0.05, 0) is 75.9 Å². The van der Waals surface area contributed by atoms with Crippen molar-refractivity contribution in [2.24, 2.45) is 0 Å². The Morgan fingerprint density at radius 1 is 1.00 bits per heavy atom. The number of sulfonamides is 1. The van der Waals surface area contributed by atoms with Crippen molar-refractivity contribution in [3.63, 3.8) is 0 Å². The van der Waals surface area contributed by atoms with Gasteiger partial charge in [-0.25, -0.2) is 8.42 Å². The van der Waals surface area contributed by atoms with E-state index in [4.69, 9.17) is 4.74 Å².